The molecule has 0 spiro atoms. The lowest BCUT2D eigenvalue weighted by Gasteiger charge is -2.12. The first kappa shape index (κ1) is 17.3. The van der Waals surface area contributed by atoms with Crippen LogP contribution in [0.15, 0.2) is 51.0 Å². The standard InChI is InChI=1S/C17H13Cl3N2O2S/c18-11-3-4-13-14(6-11)21-16(25-9-10-7-17(10,19)20)22(15(13)23)8-12-2-1-5-24-12/h1-6,10H,7-9H2. The van der Waals surface area contributed by atoms with Crippen LogP contribution in [-0.4, -0.2) is 19.6 Å². The Morgan fingerprint density at radius 2 is 2.16 bits per heavy atom. The topological polar surface area (TPSA) is 48.0 Å². The van der Waals surface area contributed by atoms with Gasteiger partial charge in [0.25, 0.3) is 5.56 Å². The Morgan fingerprint density at radius 1 is 1.36 bits per heavy atom. The van der Waals surface area contributed by atoms with Crippen molar-refractivity contribution in [2.24, 2.45) is 5.92 Å². The van der Waals surface area contributed by atoms with Gasteiger partial charge in [0.05, 0.1) is 23.7 Å². The van der Waals surface area contributed by atoms with Crippen molar-refractivity contribution in [2.45, 2.75) is 22.5 Å². The summed E-state index contributed by atoms with van der Waals surface area (Å²) in [4.78, 5) is 17.6. The average molecular weight is 416 g/mol. The third kappa shape index (κ3) is 3.56. The Morgan fingerprint density at radius 3 is 2.84 bits per heavy atom. The van der Waals surface area contributed by atoms with E-state index in [1.54, 1.807) is 35.1 Å². The molecule has 0 bridgehead atoms. The summed E-state index contributed by atoms with van der Waals surface area (Å²) in [6.07, 6.45) is 2.34. The number of thioether (sulfide) groups is 1. The number of benzene rings is 1. The second-order valence-corrected chi connectivity index (χ2v) is 8.97. The van der Waals surface area contributed by atoms with Crippen molar-refractivity contribution in [1.82, 2.24) is 9.55 Å². The number of rotatable bonds is 5. The van der Waals surface area contributed by atoms with Gasteiger partial charge in [0.2, 0.25) is 0 Å². The van der Waals surface area contributed by atoms with Gasteiger partial charge in [-0.1, -0.05) is 23.4 Å². The van der Waals surface area contributed by atoms with E-state index < -0.39 is 4.33 Å². The minimum atomic E-state index is -0.653. The predicted molar refractivity (Wildman–Crippen MR) is 102 cm³/mol. The fraction of sp³-hybridized carbons (Fsp3) is 0.294. The second-order valence-electron chi connectivity index (χ2n) is 6.00. The molecule has 2 heterocycles. The van der Waals surface area contributed by atoms with E-state index in [0.717, 1.165) is 6.42 Å². The fourth-order valence-corrected chi connectivity index (χ4v) is 4.70. The number of nitrogens with zero attached hydrogens (tertiary/aromatic N) is 2. The summed E-state index contributed by atoms with van der Waals surface area (Å²) in [7, 11) is 0. The van der Waals surface area contributed by atoms with Gasteiger partial charge >= 0.3 is 0 Å². The highest BCUT2D eigenvalue weighted by Crippen LogP contribution is 2.54. The number of hydrogen-bond acceptors (Lipinski definition) is 4. The molecule has 8 heteroatoms. The van der Waals surface area contributed by atoms with Crippen molar-refractivity contribution in [3.8, 4) is 0 Å². The summed E-state index contributed by atoms with van der Waals surface area (Å²) < 4.78 is 6.35. The molecule has 130 valence electrons. The molecule has 4 nitrogen and oxygen atoms in total. The van der Waals surface area contributed by atoms with E-state index in [2.05, 4.69) is 4.98 Å². The highest BCUT2D eigenvalue weighted by molar-refractivity contribution is 7.99. The molecule has 1 aliphatic carbocycles. The van der Waals surface area contributed by atoms with E-state index in [-0.39, 0.29) is 11.5 Å². The van der Waals surface area contributed by atoms with E-state index in [9.17, 15) is 4.79 Å². The Balaban J connectivity index is 1.75. The van der Waals surface area contributed by atoms with Gasteiger partial charge < -0.3 is 4.42 Å². The van der Waals surface area contributed by atoms with Crippen LogP contribution in [0, 0.1) is 5.92 Å². The number of alkyl halides is 2. The molecule has 1 unspecified atom stereocenters. The fourth-order valence-electron chi connectivity index (χ4n) is 2.61. The monoisotopic (exact) mass is 414 g/mol. The average Bonchev–Trinajstić information content (AvgIpc) is 2.96. The molecule has 0 N–H and O–H groups in total. The molecule has 0 radical (unpaired) electrons. The van der Waals surface area contributed by atoms with Gasteiger partial charge in [-0.3, -0.25) is 9.36 Å². The Labute approximate surface area is 163 Å². The van der Waals surface area contributed by atoms with Gasteiger partial charge in [0, 0.05) is 16.7 Å². The second kappa shape index (κ2) is 6.54. The van der Waals surface area contributed by atoms with E-state index in [1.165, 1.54) is 11.8 Å². The van der Waals surface area contributed by atoms with Crippen LogP contribution in [0.25, 0.3) is 10.9 Å². The predicted octanol–water partition coefficient (Wildman–Crippen LogP) is 4.98. The van der Waals surface area contributed by atoms with Crippen molar-refractivity contribution < 1.29 is 4.42 Å². The zero-order chi connectivity index (χ0) is 17.6. The van der Waals surface area contributed by atoms with Crippen LogP contribution in [0.3, 0.4) is 0 Å². The maximum absolute atomic E-state index is 12.9. The summed E-state index contributed by atoms with van der Waals surface area (Å²) in [5.41, 5.74) is 0.453. The summed E-state index contributed by atoms with van der Waals surface area (Å²) in [5.74, 6) is 1.59. The molecule has 0 saturated heterocycles. The zero-order valence-corrected chi connectivity index (χ0v) is 16.0. The molecule has 3 aromatic rings. The molecule has 0 amide bonds. The largest absolute Gasteiger partial charge is 0.467 e. The lowest BCUT2D eigenvalue weighted by atomic mass is 10.2. The van der Waals surface area contributed by atoms with E-state index in [0.29, 0.717) is 39.1 Å². The lowest BCUT2D eigenvalue weighted by molar-refractivity contribution is 0.476. The number of hydrogen-bond donors (Lipinski definition) is 0. The van der Waals surface area contributed by atoms with Crippen LogP contribution in [0.2, 0.25) is 5.02 Å². The van der Waals surface area contributed by atoms with Gasteiger partial charge in [0.1, 0.15) is 10.1 Å². The number of furan rings is 1. The van der Waals surface area contributed by atoms with Crippen LogP contribution in [-0.2, 0) is 6.54 Å². The quantitative estimate of drug-likeness (QED) is 0.335. The zero-order valence-electron chi connectivity index (χ0n) is 12.9. The molecule has 1 saturated carbocycles. The third-order valence-electron chi connectivity index (χ3n) is 4.15. The first-order valence-electron chi connectivity index (χ1n) is 7.67. The number of halogens is 3. The van der Waals surface area contributed by atoms with Crippen LogP contribution >= 0.6 is 46.6 Å². The Bertz CT molecular complexity index is 985. The van der Waals surface area contributed by atoms with Gasteiger partial charge in [-0.25, -0.2) is 4.98 Å². The highest BCUT2D eigenvalue weighted by Gasteiger charge is 2.51. The van der Waals surface area contributed by atoms with E-state index >= 15 is 0 Å². The van der Waals surface area contributed by atoms with Crippen LogP contribution in [0.4, 0.5) is 0 Å². The van der Waals surface area contributed by atoms with Gasteiger partial charge in [-0.15, -0.1) is 23.2 Å². The van der Waals surface area contributed by atoms with Gasteiger partial charge in [-0.05, 0) is 36.8 Å². The van der Waals surface area contributed by atoms with Gasteiger partial charge in [0.15, 0.2) is 5.16 Å². The maximum atomic E-state index is 12.9. The van der Waals surface area contributed by atoms with Crippen molar-refractivity contribution in [1.29, 1.82) is 0 Å². The molecule has 2 aromatic heterocycles. The summed E-state index contributed by atoms with van der Waals surface area (Å²) in [6.45, 7) is 0.317. The van der Waals surface area contributed by atoms with Crippen molar-refractivity contribution >= 4 is 57.5 Å². The minimum absolute atomic E-state index is 0.126. The Hall–Kier alpha value is -1.14. The molecule has 0 aliphatic heterocycles. The van der Waals surface area contributed by atoms with Gasteiger partial charge in [-0.2, -0.15) is 0 Å². The van der Waals surface area contributed by atoms with Crippen molar-refractivity contribution in [3.63, 3.8) is 0 Å². The smallest absolute Gasteiger partial charge is 0.262 e. The van der Waals surface area contributed by atoms with Crippen molar-refractivity contribution in [3.05, 3.63) is 57.7 Å². The molecule has 1 fully saturated rings. The normalized spacial score (nSPS) is 18.6. The molecular weight excluding hydrogens is 403 g/mol. The number of fused-ring (bicyclic) bond motifs is 1. The van der Waals surface area contributed by atoms with Crippen molar-refractivity contribution in [2.75, 3.05) is 5.75 Å². The number of aromatic nitrogens is 2. The Kier molecular flexibility index (Phi) is 4.52. The molecule has 25 heavy (non-hydrogen) atoms. The summed E-state index contributed by atoms with van der Waals surface area (Å²) in [5, 5.41) is 1.67. The van der Waals surface area contributed by atoms with Crippen LogP contribution < -0.4 is 5.56 Å². The molecule has 1 atom stereocenters. The van der Waals surface area contributed by atoms with Crippen LogP contribution in [0.1, 0.15) is 12.2 Å². The van der Waals surface area contributed by atoms with E-state index in [4.69, 9.17) is 39.2 Å². The molecule has 1 aromatic carbocycles. The summed E-state index contributed by atoms with van der Waals surface area (Å²) in [6, 6.07) is 8.71. The maximum Gasteiger partial charge on any atom is 0.262 e. The first-order chi connectivity index (χ1) is 11.9. The summed E-state index contributed by atoms with van der Waals surface area (Å²) >= 11 is 19.7. The minimum Gasteiger partial charge on any atom is -0.467 e. The SMILES string of the molecule is O=c1c2ccc(Cl)cc2nc(SCC2CC2(Cl)Cl)n1Cc1ccco1. The third-order valence-corrected chi connectivity index (χ3v) is 6.45. The molecular formula is C17H13Cl3N2O2S. The molecule has 4 rings (SSSR count). The molecule has 1 aliphatic rings. The lowest BCUT2D eigenvalue weighted by Crippen LogP contribution is -2.24. The highest BCUT2D eigenvalue weighted by atomic mass is 35.5. The first-order valence-corrected chi connectivity index (χ1v) is 9.79. The van der Waals surface area contributed by atoms with Crippen LogP contribution in [0.5, 0.6) is 0 Å². The van der Waals surface area contributed by atoms with E-state index in [1.807, 2.05) is 6.07 Å².